The van der Waals surface area contributed by atoms with Crippen molar-refractivity contribution in [2.24, 2.45) is 0 Å². The fourth-order valence-corrected chi connectivity index (χ4v) is 6.21. The maximum Gasteiger partial charge on any atom is 0.0438 e. The van der Waals surface area contributed by atoms with E-state index in [0.717, 1.165) is 32.2 Å². The maximum atomic E-state index is 8.06. The zero-order valence-corrected chi connectivity index (χ0v) is 54.1. The van der Waals surface area contributed by atoms with Gasteiger partial charge < -0.3 is 5.11 Å². The lowest BCUT2D eigenvalue weighted by Gasteiger charge is -1.95. The topological polar surface area (TPSA) is 20.2 Å². The number of hydrogen-bond donors (Lipinski definition) is 1. The Hall–Kier alpha value is 5.76. The van der Waals surface area contributed by atoms with Crippen LogP contribution in [-0.2, 0) is 0 Å². The average Bonchev–Trinajstić information content (AvgIpc) is 3.19. The fourth-order valence-electron chi connectivity index (χ4n) is 2.64. The summed E-state index contributed by atoms with van der Waals surface area (Å²) in [5.41, 5.74) is 0. The molecule has 0 aliphatic heterocycles. The smallest absolute Gasteiger partial charge is 0.0438 e. The lowest BCUT2D eigenvalue weighted by Crippen LogP contribution is -1.78. The largest absolute Gasteiger partial charge is 0.396 e. The minimum atomic E-state index is 0.336. The van der Waals surface area contributed by atoms with Crippen LogP contribution >= 0.6 is 186 Å². The minimum absolute atomic E-state index is 0.336. The van der Waals surface area contributed by atoms with E-state index in [1.807, 2.05) is 0 Å². The van der Waals surface area contributed by atoms with Gasteiger partial charge in [0.1, 0.15) is 0 Å². The van der Waals surface area contributed by atoms with E-state index >= 15 is 0 Å². The maximum absolute atomic E-state index is 8.06. The molecule has 336 valence electrons. The van der Waals surface area contributed by atoms with Gasteiger partial charge in [0.15, 0.2) is 0 Å². The van der Waals surface area contributed by atoms with Crippen molar-refractivity contribution in [3.63, 3.8) is 0 Å². The van der Waals surface area contributed by atoms with Gasteiger partial charge in [0.2, 0.25) is 0 Å². The summed E-state index contributed by atoms with van der Waals surface area (Å²) >= 11 is 29.4. The van der Waals surface area contributed by atoms with Crippen LogP contribution in [0.5, 0.6) is 0 Å². The van der Waals surface area contributed by atoms with E-state index in [2.05, 4.69) is 234 Å². The van der Waals surface area contributed by atoms with Crippen molar-refractivity contribution in [1.82, 2.24) is 0 Å². The van der Waals surface area contributed by atoms with Crippen LogP contribution in [0.3, 0.4) is 0 Å². The first-order chi connectivity index (χ1) is 25.7. The van der Waals surface area contributed by atoms with Crippen LogP contribution in [0, 0.1) is 0 Å². The third-order valence-corrected chi connectivity index (χ3v) is 12.8. The van der Waals surface area contributed by atoms with Crippen molar-refractivity contribution in [2.75, 3.05) is 56.3 Å². The van der Waals surface area contributed by atoms with E-state index in [1.54, 1.807) is 0 Å². The van der Waals surface area contributed by atoms with Crippen LogP contribution in [0.4, 0.5) is 0 Å². The summed E-state index contributed by atoms with van der Waals surface area (Å²) in [5.74, 6) is 0. The van der Waals surface area contributed by atoms with E-state index in [-0.39, 0.29) is 0 Å². The summed E-state index contributed by atoms with van der Waals surface area (Å²) in [6.07, 6.45) is 32.3. The Bertz CT molecular complexity index is 355. The molecule has 0 rings (SSSR count). The van der Waals surface area contributed by atoms with Gasteiger partial charge in [0.05, 0.1) is 0 Å². The molecular weight excluding hydrogens is 1510 g/mol. The number of aliphatic hydroxyl groups is 1. The van der Waals surface area contributed by atoms with Gasteiger partial charge in [-0.15, -0.1) is 0 Å². The highest BCUT2D eigenvalue weighted by molar-refractivity contribution is 14.1. The molecule has 0 spiro atoms. The molecule has 0 amide bonds. The summed E-state index contributed by atoms with van der Waals surface area (Å²) in [6.45, 7) is 15.8. The van der Waals surface area contributed by atoms with Crippen LogP contribution < -0.4 is 0 Å². The Balaban J connectivity index is -0.0000000594. The Labute approximate surface area is 443 Å². The van der Waals surface area contributed by atoms with Crippen LogP contribution in [0.1, 0.15) is 203 Å². The number of unbranched alkanes of at least 4 members (excludes halogenated alkanes) is 15. The van der Waals surface area contributed by atoms with Crippen LogP contribution in [0.25, 0.3) is 0 Å². The number of aliphatic hydroxyl groups excluding tert-OH is 1. The highest BCUT2D eigenvalue weighted by Crippen LogP contribution is 2.05. The van der Waals surface area contributed by atoms with Crippen LogP contribution in [0.2, 0.25) is 0 Å². The molecule has 0 unspecified atom stereocenters. The molecule has 0 saturated carbocycles. The van der Waals surface area contributed by atoms with E-state index in [9.17, 15) is 0 Å². The van der Waals surface area contributed by atoms with E-state index < -0.39 is 0 Å². The van der Waals surface area contributed by atoms with E-state index in [0.29, 0.717) is 6.61 Å². The standard InChI is InChI=1S/C8H17Br.C6H13Br.C6H13I.C5H11I.C4H8Br2.C4H9Br.C3H7Br.C3H7IO.C3H7I/c1-2-3-4-5-6-7-8-9;2*1-2-3-4-5-6-7;1-2-3-4-5-6;5-3-1-2-4-6;1-2-3-4-5;1-2-3-4;4-2-1-3-5;1-2-3-4/h2-8H2,1H3;2*2-6H2,1H3;2-5H2,1H3;1-4H2;2-4H2,1H3;2-3H2,1H3;5H,1-3H2;2-3H2,1H3. The van der Waals surface area contributed by atoms with Gasteiger partial charge in [-0.2, -0.15) is 0 Å². The molecular formula is C42H92Br6I4O. The van der Waals surface area contributed by atoms with Crippen LogP contribution in [0.15, 0.2) is 0 Å². The predicted molar refractivity (Wildman–Crippen MR) is 316 cm³/mol. The molecule has 0 aromatic carbocycles. The van der Waals surface area contributed by atoms with Crippen molar-refractivity contribution in [3.8, 4) is 0 Å². The average molecular weight is 1600 g/mol. The van der Waals surface area contributed by atoms with Gasteiger partial charge >= 0.3 is 0 Å². The molecule has 0 aromatic rings. The number of halogens is 10. The normalized spacial score (nSPS) is 8.94. The number of rotatable bonds is 26. The van der Waals surface area contributed by atoms with Gasteiger partial charge in [-0.3, -0.25) is 0 Å². The van der Waals surface area contributed by atoms with E-state index in [4.69, 9.17) is 5.11 Å². The Morgan fingerprint density at radius 3 is 0.679 bits per heavy atom. The molecule has 1 N–H and O–H groups in total. The first-order valence-electron chi connectivity index (χ1n) is 20.9. The SMILES string of the molecule is BrCCCCBr.CCCBr.CCCCBr.CCCCCCBr.CCCCCCCCBr.CCCCCCI.CCCCCI.CCCI.OCCCI. The second kappa shape index (κ2) is 112. The highest BCUT2D eigenvalue weighted by Gasteiger charge is 1.86. The van der Waals surface area contributed by atoms with Gasteiger partial charge in [0, 0.05) is 43.0 Å². The van der Waals surface area contributed by atoms with Gasteiger partial charge in [-0.25, -0.2) is 0 Å². The molecule has 1 nitrogen and oxygen atoms in total. The lowest BCUT2D eigenvalue weighted by molar-refractivity contribution is 0.297. The molecule has 53 heavy (non-hydrogen) atoms. The van der Waals surface area contributed by atoms with Crippen molar-refractivity contribution < 1.29 is 5.11 Å². The first-order valence-corrected chi connectivity index (χ1v) is 33.8. The molecule has 0 saturated heterocycles. The van der Waals surface area contributed by atoms with Crippen LogP contribution in [-0.4, -0.2) is 61.4 Å². The van der Waals surface area contributed by atoms with E-state index in [1.165, 1.54) is 172 Å². The zero-order chi connectivity index (χ0) is 42.7. The summed E-state index contributed by atoms with van der Waals surface area (Å²) in [5, 5.41) is 15.0. The van der Waals surface area contributed by atoms with Crippen molar-refractivity contribution in [1.29, 1.82) is 0 Å². The Morgan fingerprint density at radius 2 is 0.491 bits per heavy atom. The van der Waals surface area contributed by atoms with Crippen molar-refractivity contribution in [3.05, 3.63) is 0 Å². The molecule has 0 aliphatic carbocycles. The van der Waals surface area contributed by atoms with Crippen molar-refractivity contribution >= 4 is 186 Å². The number of alkyl halides is 10. The molecule has 0 atom stereocenters. The second-order valence-electron chi connectivity index (χ2n) is 11.6. The molecule has 0 aromatic heterocycles. The zero-order valence-electron chi connectivity index (χ0n) is 36.0. The second-order valence-corrected chi connectivity index (χ2v) is 20.7. The molecule has 0 radical (unpaired) electrons. The third kappa shape index (κ3) is 178. The molecule has 0 fully saturated rings. The number of hydrogen-bond acceptors (Lipinski definition) is 1. The molecule has 0 aliphatic rings. The lowest BCUT2D eigenvalue weighted by atomic mass is 10.1. The van der Waals surface area contributed by atoms with Gasteiger partial charge in [-0.1, -0.05) is 324 Å². The summed E-state index contributed by atoms with van der Waals surface area (Å²) in [7, 11) is 0. The Morgan fingerprint density at radius 1 is 0.264 bits per heavy atom. The summed E-state index contributed by atoms with van der Waals surface area (Å²) < 4.78 is 5.01. The highest BCUT2D eigenvalue weighted by atomic mass is 127. The first kappa shape index (κ1) is 79.2. The fraction of sp³-hybridized carbons (Fsp3) is 1.00. The monoisotopic (exact) mass is 1590 g/mol. The van der Waals surface area contributed by atoms with Gasteiger partial charge in [-0.05, 0) is 77.5 Å². The third-order valence-electron chi connectivity index (χ3n) is 5.87. The summed E-state index contributed by atoms with van der Waals surface area (Å²) in [4.78, 5) is 0. The Kier molecular flexibility index (Phi) is 167. The minimum Gasteiger partial charge on any atom is -0.396 e. The predicted octanol–water partition coefficient (Wildman–Crippen LogP) is 21.5. The van der Waals surface area contributed by atoms with Gasteiger partial charge in [0.25, 0.3) is 0 Å². The quantitative estimate of drug-likeness (QED) is 0.0520. The molecule has 0 bridgehead atoms. The summed E-state index contributed by atoms with van der Waals surface area (Å²) in [6, 6.07) is 0. The molecule has 0 heterocycles. The molecule has 11 heteroatoms. The van der Waals surface area contributed by atoms with Crippen molar-refractivity contribution in [2.45, 2.75) is 203 Å².